The van der Waals surface area contributed by atoms with Crippen molar-refractivity contribution in [3.05, 3.63) is 34.5 Å². The first kappa shape index (κ1) is 19.7. The Morgan fingerprint density at radius 3 is 2.50 bits per heavy atom. The molecule has 1 aromatic carbocycles. The highest BCUT2D eigenvalue weighted by Crippen LogP contribution is 2.32. The number of likely N-dealkylation sites (tertiary alicyclic amines) is 1. The summed E-state index contributed by atoms with van der Waals surface area (Å²) in [5.41, 5.74) is 1.48. The second kappa shape index (κ2) is 8.05. The van der Waals surface area contributed by atoms with Crippen LogP contribution in [0.5, 0.6) is 0 Å². The minimum atomic E-state index is -0.0168. The smallest absolute Gasteiger partial charge is 0.289 e. The number of carbonyl (C=O) groups is 1. The van der Waals surface area contributed by atoms with E-state index in [0.29, 0.717) is 34.5 Å². The molecule has 6 heteroatoms. The number of carbonyl (C=O) groups excluding carboxylic acids is 1. The Kier molecular flexibility index (Phi) is 5.68. The van der Waals surface area contributed by atoms with Gasteiger partial charge in [-0.3, -0.25) is 9.69 Å². The van der Waals surface area contributed by atoms with Crippen LogP contribution < -0.4 is 0 Å². The summed E-state index contributed by atoms with van der Waals surface area (Å²) < 4.78 is 11.7. The molecule has 28 heavy (non-hydrogen) atoms. The van der Waals surface area contributed by atoms with Crippen molar-refractivity contribution in [3.63, 3.8) is 0 Å². The molecule has 2 fully saturated rings. The normalized spacial score (nSPS) is 24.8. The minimum Gasteiger partial charge on any atom is -0.449 e. The van der Waals surface area contributed by atoms with Crippen LogP contribution in [0.4, 0.5) is 0 Å². The molecular formula is C22H29ClN2O3. The zero-order valence-corrected chi connectivity index (χ0v) is 17.7. The van der Waals surface area contributed by atoms with Gasteiger partial charge in [0.15, 0.2) is 11.3 Å². The van der Waals surface area contributed by atoms with Crippen LogP contribution in [0.25, 0.3) is 11.0 Å². The Hall–Kier alpha value is -1.56. The summed E-state index contributed by atoms with van der Waals surface area (Å²) in [6, 6.07) is 5.63. The van der Waals surface area contributed by atoms with E-state index in [0.717, 1.165) is 56.5 Å². The highest BCUT2D eigenvalue weighted by molar-refractivity contribution is 6.35. The van der Waals surface area contributed by atoms with Gasteiger partial charge >= 0.3 is 0 Å². The maximum Gasteiger partial charge on any atom is 0.289 e. The van der Waals surface area contributed by atoms with Gasteiger partial charge in [-0.25, -0.2) is 0 Å². The number of benzene rings is 1. The standard InChI is InChI=1S/C22H29ClN2O3/c1-14-11-24(12-15(2)27-14)13-17-7-9-25(10-8-17)22(26)20-16(3)18-5-4-6-19(23)21(18)28-20/h4-6,14-15,17H,7-13H2,1-3H3. The molecule has 0 bridgehead atoms. The Balaban J connectivity index is 1.38. The number of hydrogen-bond acceptors (Lipinski definition) is 4. The molecule has 0 spiro atoms. The number of nitrogens with zero attached hydrogens (tertiary/aromatic N) is 2. The lowest BCUT2D eigenvalue weighted by Gasteiger charge is -2.39. The number of hydrogen-bond donors (Lipinski definition) is 0. The molecule has 0 N–H and O–H groups in total. The van der Waals surface area contributed by atoms with Gasteiger partial charge in [0, 0.05) is 43.7 Å². The second-order valence-electron chi connectivity index (χ2n) is 8.38. The number of furan rings is 1. The van der Waals surface area contributed by atoms with Gasteiger partial charge < -0.3 is 14.1 Å². The predicted octanol–water partition coefficient (Wildman–Crippen LogP) is 4.36. The monoisotopic (exact) mass is 404 g/mol. The fraction of sp³-hybridized carbons (Fsp3) is 0.591. The van der Waals surface area contributed by atoms with Crippen molar-refractivity contribution < 1.29 is 13.9 Å². The topological polar surface area (TPSA) is 45.9 Å². The third-order valence-electron chi connectivity index (χ3n) is 6.02. The number of piperidine rings is 1. The quantitative estimate of drug-likeness (QED) is 0.762. The summed E-state index contributed by atoms with van der Waals surface area (Å²) >= 11 is 6.23. The van der Waals surface area contributed by atoms with Crippen LogP contribution in [-0.4, -0.2) is 60.6 Å². The lowest BCUT2D eigenvalue weighted by Crippen LogP contribution is -2.48. The van der Waals surface area contributed by atoms with Crippen molar-refractivity contribution in [1.82, 2.24) is 9.80 Å². The van der Waals surface area contributed by atoms with E-state index in [1.54, 1.807) is 6.07 Å². The van der Waals surface area contributed by atoms with Gasteiger partial charge in [-0.15, -0.1) is 0 Å². The summed E-state index contributed by atoms with van der Waals surface area (Å²) in [5, 5.41) is 1.47. The van der Waals surface area contributed by atoms with Crippen LogP contribution in [0.1, 0.15) is 42.8 Å². The van der Waals surface area contributed by atoms with Gasteiger partial charge in [-0.05, 0) is 45.6 Å². The Labute approximate surface area is 171 Å². The Morgan fingerprint density at radius 2 is 1.86 bits per heavy atom. The van der Waals surface area contributed by atoms with Crippen LogP contribution in [0.3, 0.4) is 0 Å². The largest absolute Gasteiger partial charge is 0.449 e. The first-order chi connectivity index (χ1) is 13.4. The fourth-order valence-corrected chi connectivity index (χ4v) is 4.89. The molecule has 0 radical (unpaired) electrons. The van der Waals surface area contributed by atoms with Crippen LogP contribution in [-0.2, 0) is 4.74 Å². The number of morpholine rings is 1. The van der Waals surface area contributed by atoms with E-state index in [9.17, 15) is 4.79 Å². The number of para-hydroxylation sites is 1. The number of aryl methyl sites for hydroxylation is 1. The first-order valence-corrected chi connectivity index (χ1v) is 10.6. The Morgan fingerprint density at radius 1 is 1.18 bits per heavy atom. The summed E-state index contributed by atoms with van der Waals surface area (Å²) in [6.45, 7) is 10.9. The third-order valence-corrected chi connectivity index (χ3v) is 6.32. The van der Waals surface area contributed by atoms with Gasteiger partial charge in [-0.1, -0.05) is 23.7 Å². The fourth-order valence-electron chi connectivity index (χ4n) is 4.67. The molecule has 152 valence electrons. The van der Waals surface area contributed by atoms with E-state index in [-0.39, 0.29) is 5.91 Å². The van der Waals surface area contributed by atoms with E-state index < -0.39 is 0 Å². The van der Waals surface area contributed by atoms with Gasteiger partial charge in [0.05, 0.1) is 17.2 Å². The minimum absolute atomic E-state index is 0.0168. The van der Waals surface area contributed by atoms with Crippen LogP contribution >= 0.6 is 11.6 Å². The number of amides is 1. The van der Waals surface area contributed by atoms with E-state index >= 15 is 0 Å². The average Bonchev–Trinajstić information content (AvgIpc) is 2.99. The molecule has 1 aromatic heterocycles. The maximum atomic E-state index is 13.0. The zero-order valence-electron chi connectivity index (χ0n) is 16.9. The van der Waals surface area contributed by atoms with Crippen molar-refractivity contribution >= 4 is 28.5 Å². The average molecular weight is 405 g/mol. The molecule has 1 amide bonds. The molecule has 0 saturated carbocycles. The Bertz CT molecular complexity index is 847. The molecule has 4 rings (SSSR count). The molecule has 2 aliphatic heterocycles. The highest BCUT2D eigenvalue weighted by atomic mass is 35.5. The summed E-state index contributed by atoms with van der Waals surface area (Å²) in [5.74, 6) is 1.04. The molecule has 2 aromatic rings. The van der Waals surface area contributed by atoms with Crippen molar-refractivity contribution in [2.75, 3.05) is 32.7 Å². The van der Waals surface area contributed by atoms with Gasteiger partial charge in [-0.2, -0.15) is 0 Å². The van der Waals surface area contributed by atoms with Crippen molar-refractivity contribution in [1.29, 1.82) is 0 Å². The van der Waals surface area contributed by atoms with E-state index in [1.165, 1.54) is 0 Å². The number of halogens is 1. The number of fused-ring (bicyclic) bond motifs is 1. The van der Waals surface area contributed by atoms with Crippen molar-refractivity contribution in [2.24, 2.45) is 5.92 Å². The molecule has 0 aliphatic carbocycles. The number of ether oxygens (including phenoxy) is 1. The SMILES string of the molecule is Cc1c(C(=O)N2CCC(CN3CC(C)OC(C)C3)CC2)oc2c(Cl)cccc12. The van der Waals surface area contributed by atoms with Gasteiger partial charge in [0.25, 0.3) is 5.91 Å². The number of rotatable bonds is 3. The lowest BCUT2D eigenvalue weighted by molar-refractivity contribution is -0.0729. The molecule has 5 nitrogen and oxygen atoms in total. The lowest BCUT2D eigenvalue weighted by atomic mass is 9.95. The first-order valence-electron chi connectivity index (χ1n) is 10.3. The van der Waals surface area contributed by atoms with Crippen LogP contribution in [0.2, 0.25) is 5.02 Å². The van der Waals surface area contributed by atoms with E-state index in [4.69, 9.17) is 20.8 Å². The van der Waals surface area contributed by atoms with Crippen molar-refractivity contribution in [2.45, 2.75) is 45.8 Å². The second-order valence-corrected chi connectivity index (χ2v) is 8.79. The summed E-state index contributed by atoms with van der Waals surface area (Å²) in [4.78, 5) is 17.5. The van der Waals surface area contributed by atoms with E-state index in [2.05, 4.69) is 18.7 Å². The zero-order chi connectivity index (χ0) is 19.8. The summed E-state index contributed by atoms with van der Waals surface area (Å²) in [7, 11) is 0. The predicted molar refractivity (Wildman–Crippen MR) is 111 cm³/mol. The molecule has 2 aliphatic rings. The third kappa shape index (κ3) is 3.93. The molecular weight excluding hydrogens is 376 g/mol. The van der Waals surface area contributed by atoms with Crippen LogP contribution in [0, 0.1) is 12.8 Å². The van der Waals surface area contributed by atoms with Gasteiger partial charge in [0.1, 0.15) is 0 Å². The molecule has 2 saturated heterocycles. The van der Waals surface area contributed by atoms with Crippen molar-refractivity contribution in [3.8, 4) is 0 Å². The van der Waals surface area contributed by atoms with E-state index in [1.807, 2.05) is 24.0 Å². The van der Waals surface area contributed by atoms with Crippen LogP contribution in [0.15, 0.2) is 22.6 Å². The molecule has 2 atom stereocenters. The summed E-state index contributed by atoms with van der Waals surface area (Å²) in [6.07, 6.45) is 2.67. The maximum absolute atomic E-state index is 13.0. The molecule has 3 heterocycles. The highest BCUT2D eigenvalue weighted by Gasteiger charge is 2.30. The van der Waals surface area contributed by atoms with Gasteiger partial charge in [0.2, 0.25) is 0 Å². The molecule has 2 unspecified atom stereocenters.